The average molecular weight is 329 g/mol. The Morgan fingerprint density at radius 1 is 1.29 bits per heavy atom. The van der Waals surface area contributed by atoms with Crippen molar-refractivity contribution in [3.05, 3.63) is 47.7 Å². The van der Waals surface area contributed by atoms with E-state index < -0.39 is 17.0 Å². The molecule has 1 aromatic carbocycles. The maximum Gasteiger partial charge on any atom is 0.322 e. The maximum atomic E-state index is 12.8. The molecule has 1 aromatic rings. The third-order valence-electron chi connectivity index (χ3n) is 4.52. The van der Waals surface area contributed by atoms with Gasteiger partial charge in [0.05, 0.1) is 17.9 Å². The molecule has 0 aromatic heterocycles. The summed E-state index contributed by atoms with van der Waals surface area (Å²) in [5, 5.41) is 0. The predicted octanol–water partition coefficient (Wildman–Crippen LogP) is 2.83. The van der Waals surface area contributed by atoms with Crippen molar-refractivity contribution in [3.8, 4) is 0 Å². The van der Waals surface area contributed by atoms with Crippen molar-refractivity contribution >= 4 is 11.9 Å². The lowest BCUT2D eigenvalue weighted by Crippen LogP contribution is -2.42. The molecule has 2 atom stereocenters. The third-order valence-corrected chi connectivity index (χ3v) is 4.52. The number of amides is 1. The molecule has 128 valence electrons. The number of hydrogen-bond donors (Lipinski definition) is 0. The summed E-state index contributed by atoms with van der Waals surface area (Å²) in [6, 6.07) is 9.67. The van der Waals surface area contributed by atoms with Crippen LogP contribution in [0, 0.1) is 5.41 Å². The van der Waals surface area contributed by atoms with Crippen LogP contribution in [0.5, 0.6) is 0 Å². The molecule has 0 saturated carbocycles. The third kappa shape index (κ3) is 2.68. The Morgan fingerprint density at radius 3 is 2.58 bits per heavy atom. The average Bonchev–Trinajstić information content (AvgIpc) is 3.06. The molecule has 0 radical (unpaired) electrons. The Balaban J connectivity index is 1.90. The van der Waals surface area contributed by atoms with Gasteiger partial charge in [-0.25, -0.2) is 0 Å². The van der Waals surface area contributed by atoms with Gasteiger partial charge in [-0.05, 0) is 33.3 Å². The highest BCUT2D eigenvalue weighted by Gasteiger charge is 2.59. The van der Waals surface area contributed by atoms with Gasteiger partial charge in [-0.3, -0.25) is 9.59 Å². The molecular weight excluding hydrogens is 306 g/mol. The van der Waals surface area contributed by atoms with Gasteiger partial charge in [0.15, 0.2) is 5.41 Å². The number of nitrogens with zero attached hydrogens (tertiary/aromatic N) is 1. The fraction of sp³-hybridized carbons (Fsp3) is 0.474. The van der Waals surface area contributed by atoms with E-state index in [1.165, 1.54) is 6.26 Å². The largest absolute Gasteiger partial charge is 0.499 e. The van der Waals surface area contributed by atoms with E-state index in [4.69, 9.17) is 9.47 Å². The summed E-state index contributed by atoms with van der Waals surface area (Å²) in [5.41, 5.74) is -0.194. The Kier molecular flexibility index (Phi) is 3.90. The number of benzene rings is 1. The summed E-state index contributed by atoms with van der Waals surface area (Å²) >= 11 is 0. The first-order valence-electron chi connectivity index (χ1n) is 8.16. The molecule has 1 unspecified atom stereocenters. The van der Waals surface area contributed by atoms with Crippen LogP contribution in [0.4, 0.5) is 0 Å². The van der Waals surface area contributed by atoms with Crippen molar-refractivity contribution in [2.24, 2.45) is 5.41 Å². The predicted molar refractivity (Wildman–Crippen MR) is 88.9 cm³/mol. The molecule has 24 heavy (non-hydrogen) atoms. The van der Waals surface area contributed by atoms with E-state index in [1.807, 2.05) is 58.0 Å². The number of hydrogen-bond acceptors (Lipinski definition) is 4. The standard InChI is InChI=1S/C19H23NO4/c1-13(14-8-6-5-7-9-14)20-11-19(17(22)24-18(2,3)4)12-23-10-15(19)16(20)21/h5-10,13H,11-12H2,1-4H3/t13-,19?/m1/s1. The van der Waals surface area contributed by atoms with E-state index in [-0.39, 0.29) is 25.1 Å². The molecule has 1 amide bonds. The highest BCUT2D eigenvalue weighted by atomic mass is 16.6. The minimum absolute atomic E-state index is 0.121. The van der Waals surface area contributed by atoms with Crippen LogP contribution in [0.1, 0.15) is 39.3 Å². The summed E-state index contributed by atoms with van der Waals surface area (Å²) in [5.74, 6) is -0.551. The fourth-order valence-corrected chi connectivity index (χ4v) is 3.19. The van der Waals surface area contributed by atoms with Crippen LogP contribution in [-0.4, -0.2) is 35.5 Å². The van der Waals surface area contributed by atoms with Crippen LogP contribution in [-0.2, 0) is 19.1 Å². The van der Waals surface area contributed by atoms with Crippen LogP contribution in [0.2, 0.25) is 0 Å². The van der Waals surface area contributed by atoms with Crippen molar-refractivity contribution in [1.82, 2.24) is 4.90 Å². The van der Waals surface area contributed by atoms with Crippen LogP contribution < -0.4 is 0 Å². The van der Waals surface area contributed by atoms with Gasteiger partial charge in [-0.1, -0.05) is 30.3 Å². The van der Waals surface area contributed by atoms with Crippen molar-refractivity contribution < 1.29 is 19.1 Å². The van der Waals surface area contributed by atoms with E-state index in [0.717, 1.165) is 5.56 Å². The zero-order chi connectivity index (χ0) is 17.5. The van der Waals surface area contributed by atoms with E-state index in [2.05, 4.69) is 0 Å². The van der Waals surface area contributed by atoms with Crippen molar-refractivity contribution in [1.29, 1.82) is 0 Å². The number of carbonyl (C=O) groups is 2. The number of likely N-dealkylation sites (tertiary alicyclic amines) is 1. The van der Waals surface area contributed by atoms with Gasteiger partial charge < -0.3 is 14.4 Å². The molecule has 0 aliphatic carbocycles. The van der Waals surface area contributed by atoms with Gasteiger partial charge in [0, 0.05) is 6.54 Å². The molecule has 2 aliphatic rings. The number of ether oxygens (including phenoxy) is 2. The van der Waals surface area contributed by atoms with E-state index in [1.54, 1.807) is 4.90 Å². The first kappa shape index (κ1) is 16.6. The quantitative estimate of drug-likeness (QED) is 0.800. The zero-order valence-electron chi connectivity index (χ0n) is 14.5. The molecule has 0 bridgehead atoms. The Labute approximate surface area is 142 Å². The minimum Gasteiger partial charge on any atom is -0.499 e. The van der Waals surface area contributed by atoms with Gasteiger partial charge in [0.1, 0.15) is 12.2 Å². The lowest BCUT2D eigenvalue weighted by atomic mass is 9.85. The fourth-order valence-electron chi connectivity index (χ4n) is 3.19. The van der Waals surface area contributed by atoms with Gasteiger partial charge in [-0.2, -0.15) is 0 Å². The molecule has 5 nitrogen and oxygen atoms in total. The summed E-state index contributed by atoms with van der Waals surface area (Å²) < 4.78 is 10.9. The Bertz CT molecular complexity index is 689. The molecule has 2 aliphatic heterocycles. The van der Waals surface area contributed by atoms with Gasteiger partial charge >= 0.3 is 5.97 Å². The minimum atomic E-state index is -1.02. The molecule has 0 spiro atoms. The van der Waals surface area contributed by atoms with Crippen LogP contribution in [0.15, 0.2) is 42.2 Å². The molecule has 1 saturated heterocycles. The normalized spacial score (nSPS) is 24.2. The maximum absolute atomic E-state index is 12.8. The summed E-state index contributed by atoms with van der Waals surface area (Å²) in [6.45, 7) is 7.87. The first-order valence-corrected chi connectivity index (χ1v) is 8.16. The van der Waals surface area contributed by atoms with E-state index in [9.17, 15) is 9.59 Å². The summed E-state index contributed by atoms with van der Waals surface area (Å²) in [6.07, 6.45) is 1.42. The molecular formula is C19H23NO4. The SMILES string of the molecule is C[C@H](c1ccccc1)N1CC2(C(=O)OC(C)(C)C)COC=C2C1=O. The summed E-state index contributed by atoms with van der Waals surface area (Å²) in [7, 11) is 0. The molecule has 0 N–H and O–H groups in total. The lowest BCUT2D eigenvalue weighted by molar-refractivity contribution is -0.165. The number of rotatable bonds is 3. The topological polar surface area (TPSA) is 55.8 Å². The highest BCUT2D eigenvalue weighted by Crippen LogP contribution is 2.45. The first-order chi connectivity index (χ1) is 11.2. The van der Waals surface area contributed by atoms with Gasteiger partial charge in [0.2, 0.25) is 0 Å². The zero-order valence-corrected chi connectivity index (χ0v) is 14.5. The number of fused-ring (bicyclic) bond motifs is 1. The Morgan fingerprint density at radius 2 is 1.96 bits per heavy atom. The molecule has 5 heteroatoms. The monoisotopic (exact) mass is 329 g/mol. The molecule has 2 heterocycles. The van der Waals surface area contributed by atoms with Gasteiger partial charge in [0.25, 0.3) is 5.91 Å². The Hall–Kier alpha value is -2.30. The van der Waals surface area contributed by atoms with Crippen molar-refractivity contribution in [3.63, 3.8) is 0 Å². The van der Waals surface area contributed by atoms with Crippen LogP contribution in [0.3, 0.4) is 0 Å². The lowest BCUT2D eigenvalue weighted by Gasteiger charge is -2.30. The second kappa shape index (κ2) is 5.65. The summed E-state index contributed by atoms with van der Waals surface area (Å²) in [4.78, 5) is 27.4. The van der Waals surface area contributed by atoms with Crippen LogP contribution >= 0.6 is 0 Å². The van der Waals surface area contributed by atoms with E-state index in [0.29, 0.717) is 5.57 Å². The second-order valence-corrected chi connectivity index (χ2v) is 7.45. The van der Waals surface area contributed by atoms with Crippen molar-refractivity contribution in [2.75, 3.05) is 13.2 Å². The van der Waals surface area contributed by atoms with Crippen molar-refractivity contribution in [2.45, 2.75) is 39.3 Å². The molecule has 1 fully saturated rings. The van der Waals surface area contributed by atoms with Gasteiger partial charge in [-0.15, -0.1) is 0 Å². The second-order valence-electron chi connectivity index (χ2n) is 7.45. The number of esters is 1. The number of carbonyl (C=O) groups excluding carboxylic acids is 2. The highest BCUT2D eigenvalue weighted by molar-refractivity contribution is 6.05. The molecule has 3 rings (SSSR count). The smallest absolute Gasteiger partial charge is 0.322 e. The van der Waals surface area contributed by atoms with Crippen LogP contribution in [0.25, 0.3) is 0 Å². The van der Waals surface area contributed by atoms with E-state index >= 15 is 0 Å².